The third-order valence-electron chi connectivity index (χ3n) is 3.16. The Balaban J connectivity index is 2.24. The second kappa shape index (κ2) is 6.23. The zero-order valence-electron chi connectivity index (χ0n) is 12.1. The van der Waals surface area contributed by atoms with Crippen molar-refractivity contribution in [2.24, 2.45) is 5.92 Å². The van der Waals surface area contributed by atoms with Crippen molar-refractivity contribution in [2.45, 2.75) is 27.2 Å². The second-order valence-electron chi connectivity index (χ2n) is 5.64. The Labute approximate surface area is 125 Å². The van der Waals surface area contributed by atoms with Crippen LogP contribution in [0.4, 0.5) is 0 Å². The summed E-state index contributed by atoms with van der Waals surface area (Å²) in [6.45, 7) is 6.32. The molecule has 0 unspecified atom stereocenters. The molecule has 0 aliphatic heterocycles. The van der Waals surface area contributed by atoms with Gasteiger partial charge in [0.15, 0.2) is 5.78 Å². The van der Waals surface area contributed by atoms with Crippen LogP contribution in [-0.4, -0.2) is 5.78 Å². The number of aryl methyl sites for hydroxylation is 1. The number of rotatable bonds is 4. The molecule has 0 atom stereocenters. The lowest BCUT2D eigenvalue weighted by Gasteiger charge is -2.07. The van der Waals surface area contributed by atoms with Crippen molar-refractivity contribution >= 4 is 17.4 Å². The molecule has 0 fully saturated rings. The average Bonchev–Trinajstić information content (AvgIpc) is 2.37. The average molecular weight is 287 g/mol. The minimum atomic E-state index is 0.0201. The molecule has 0 radical (unpaired) electrons. The van der Waals surface area contributed by atoms with Gasteiger partial charge in [-0.15, -0.1) is 0 Å². The standard InChI is InChI=1S/C18H19ClO/c1-12(2)8-14-4-6-15(7-5-14)18(20)16-9-13(3)10-17(19)11-16/h4-7,9-12H,8H2,1-3H3. The SMILES string of the molecule is Cc1cc(Cl)cc(C(=O)c2ccc(CC(C)C)cc2)c1. The van der Waals surface area contributed by atoms with Gasteiger partial charge in [0.1, 0.15) is 0 Å². The van der Waals surface area contributed by atoms with Crippen molar-refractivity contribution in [3.8, 4) is 0 Å². The number of hydrogen-bond donors (Lipinski definition) is 0. The number of ketones is 1. The molecule has 1 nitrogen and oxygen atoms in total. The van der Waals surface area contributed by atoms with Crippen molar-refractivity contribution in [2.75, 3.05) is 0 Å². The van der Waals surface area contributed by atoms with Crippen molar-refractivity contribution in [3.05, 3.63) is 69.7 Å². The number of hydrogen-bond acceptors (Lipinski definition) is 1. The molecule has 0 aromatic heterocycles. The lowest BCUT2D eigenvalue weighted by molar-refractivity contribution is 0.103. The third-order valence-corrected chi connectivity index (χ3v) is 3.38. The molecule has 0 saturated heterocycles. The summed E-state index contributed by atoms with van der Waals surface area (Å²) in [6.07, 6.45) is 1.03. The fourth-order valence-electron chi connectivity index (χ4n) is 2.30. The highest BCUT2D eigenvalue weighted by molar-refractivity contribution is 6.31. The monoisotopic (exact) mass is 286 g/mol. The van der Waals surface area contributed by atoms with Gasteiger partial charge in [-0.3, -0.25) is 4.79 Å². The summed E-state index contributed by atoms with van der Waals surface area (Å²) in [4.78, 5) is 12.4. The fraction of sp³-hybridized carbons (Fsp3) is 0.278. The quantitative estimate of drug-likeness (QED) is 0.717. The van der Waals surface area contributed by atoms with Gasteiger partial charge in [0.25, 0.3) is 0 Å². The van der Waals surface area contributed by atoms with E-state index in [0.29, 0.717) is 22.1 Å². The predicted molar refractivity (Wildman–Crippen MR) is 84.6 cm³/mol. The smallest absolute Gasteiger partial charge is 0.193 e. The molecule has 2 heteroatoms. The van der Waals surface area contributed by atoms with E-state index in [2.05, 4.69) is 13.8 Å². The molecule has 104 valence electrons. The van der Waals surface area contributed by atoms with Gasteiger partial charge in [-0.25, -0.2) is 0 Å². The summed E-state index contributed by atoms with van der Waals surface area (Å²) >= 11 is 6.01. The lowest BCUT2D eigenvalue weighted by atomic mass is 9.98. The minimum absolute atomic E-state index is 0.0201. The molecule has 0 N–H and O–H groups in total. The first-order valence-electron chi connectivity index (χ1n) is 6.86. The van der Waals surface area contributed by atoms with E-state index in [0.717, 1.165) is 12.0 Å². The molecule has 0 aliphatic rings. The summed E-state index contributed by atoms with van der Waals surface area (Å²) in [5.41, 5.74) is 3.61. The van der Waals surface area contributed by atoms with E-state index in [1.54, 1.807) is 6.07 Å². The molecular formula is C18H19ClO. The number of halogens is 1. The Morgan fingerprint density at radius 2 is 1.70 bits per heavy atom. The predicted octanol–water partition coefficient (Wildman–Crippen LogP) is 5.08. The molecule has 0 amide bonds. The Hall–Kier alpha value is -1.60. The van der Waals surface area contributed by atoms with Crippen LogP contribution in [0.15, 0.2) is 42.5 Å². The topological polar surface area (TPSA) is 17.1 Å². The maximum absolute atomic E-state index is 12.4. The first-order valence-corrected chi connectivity index (χ1v) is 7.24. The summed E-state index contributed by atoms with van der Waals surface area (Å²) in [5.74, 6) is 0.638. The van der Waals surface area contributed by atoms with E-state index in [-0.39, 0.29) is 5.78 Å². The van der Waals surface area contributed by atoms with Crippen LogP contribution < -0.4 is 0 Å². The van der Waals surface area contributed by atoms with Crippen molar-refractivity contribution < 1.29 is 4.79 Å². The van der Waals surface area contributed by atoms with E-state index in [1.165, 1.54) is 5.56 Å². The first kappa shape index (κ1) is 14.8. The normalized spacial score (nSPS) is 10.8. The van der Waals surface area contributed by atoms with Crippen LogP contribution in [0.5, 0.6) is 0 Å². The van der Waals surface area contributed by atoms with Gasteiger partial charge in [-0.2, -0.15) is 0 Å². The highest BCUT2D eigenvalue weighted by Crippen LogP contribution is 2.18. The summed E-state index contributed by atoms with van der Waals surface area (Å²) in [5, 5.41) is 0.602. The minimum Gasteiger partial charge on any atom is -0.289 e. The molecule has 0 aliphatic carbocycles. The summed E-state index contributed by atoms with van der Waals surface area (Å²) in [6, 6.07) is 13.3. The molecule has 0 bridgehead atoms. The fourth-order valence-corrected chi connectivity index (χ4v) is 2.59. The zero-order chi connectivity index (χ0) is 14.7. The van der Waals surface area contributed by atoms with Crippen LogP contribution in [0.1, 0.15) is 40.9 Å². The van der Waals surface area contributed by atoms with Crippen LogP contribution >= 0.6 is 11.6 Å². The first-order chi connectivity index (χ1) is 9.45. The van der Waals surface area contributed by atoms with Gasteiger partial charge in [0.2, 0.25) is 0 Å². The van der Waals surface area contributed by atoms with E-state index in [9.17, 15) is 4.79 Å². The van der Waals surface area contributed by atoms with Crippen LogP contribution in [0.2, 0.25) is 5.02 Å². The van der Waals surface area contributed by atoms with E-state index in [1.807, 2.05) is 43.3 Å². The maximum Gasteiger partial charge on any atom is 0.193 e. The van der Waals surface area contributed by atoms with Crippen molar-refractivity contribution in [1.29, 1.82) is 0 Å². The van der Waals surface area contributed by atoms with Gasteiger partial charge in [-0.1, -0.05) is 49.7 Å². The van der Waals surface area contributed by atoms with Crippen LogP contribution in [0, 0.1) is 12.8 Å². The Morgan fingerprint density at radius 1 is 1.05 bits per heavy atom. The van der Waals surface area contributed by atoms with Crippen LogP contribution in [-0.2, 0) is 6.42 Å². The molecule has 2 rings (SSSR count). The molecule has 2 aromatic rings. The number of benzene rings is 2. The highest BCUT2D eigenvalue weighted by Gasteiger charge is 2.10. The molecule has 2 aromatic carbocycles. The molecule has 0 saturated carbocycles. The Kier molecular flexibility index (Phi) is 4.61. The molecular weight excluding hydrogens is 268 g/mol. The van der Waals surface area contributed by atoms with Crippen molar-refractivity contribution in [3.63, 3.8) is 0 Å². The van der Waals surface area contributed by atoms with Gasteiger partial charge in [0, 0.05) is 16.1 Å². The van der Waals surface area contributed by atoms with Gasteiger partial charge in [0.05, 0.1) is 0 Å². The van der Waals surface area contributed by atoms with Gasteiger partial charge in [-0.05, 0) is 48.6 Å². The maximum atomic E-state index is 12.4. The Bertz CT molecular complexity index is 592. The van der Waals surface area contributed by atoms with E-state index >= 15 is 0 Å². The van der Waals surface area contributed by atoms with Crippen molar-refractivity contribution in [1.82, 2.24) is 0 Å². The molecule has 0 heterocycles. The Morgan fingerprint density at radius 3 is 2.25 bits per heavy atom. The van der Waals surface area contributed by atoms with Gasteiger partial charge < -0.3 is 0 Å². The summed E-state index contributed by atoms with van der Waals surface area (Å²) < 4.78 is 0. The zero-order valence-corrected chi connectivity index (χ0v) is 12.9. The summed E-state index contributed by atoms with van der Waals surface area (Å²) in [7, 11) is 0. The second-order valence-corrected chi connectivity index (χ2v) is 6.08. The largest absolute Gasteiger partial charge is 0.289 e. The third kappa shape index (κ3) is 3.71. The van der Waals surface area contributed by atoms with Crippen LogP contribution in [0.25, 0.3) is 0 Å². The van der Waals surface area contributed by atoms with Crippen LogP contribution in [0.3, 0.4) is 0 Å². The number of carbonyl (C=O) groups excluding carboxylic acids is 1. The molecule has 20 heavy (non-hydrogen) atoms. The van der Waals surface area contributed by atoms with Gasteiger partial charge >= 0.3 is 0 Å². The molecule has 0 spiro atoms. The van der Waals surface area contributed by atoms with E-state index < -0.39 is 0 Å². The van der Waals surface area contributed by atoms with E-state index in [4.69, 9.17) is 11.6 Å². The highest BCUT2D eigenvalue weighted by atomic mass is 35.5. The number of carbonyl (C=O) groups is 1. The lowest BCUT2D eigenvalue weighted by Crippen LogP contribution is -2.02.